The van der Waals surface area contributed by atoms with E-state index in [1.54, 1.807) is 24.3 Å². The number of hydrogen-bond acceptors (Lipinski definition) is 3. The minimum Gasteiger partial charge on any atom is -0.497 e. The Hall–Kier alpha value is -2.24. The first-order valence-corrected chi connectivity index (χ1v) is 8.71. The van der Waals surface area contributed by atoms with E-state index in [0.717, 1.165) is 10.8 Å². The molecule has 118 valence electrons. The van der Waals surface area contributed by atoms with Gasteiger partial charge in [0, 0.05) is 15.8 Å². The molecule has 0 bridgehead atoms. The fourth-order valence-corrected chi connectivity index (χ4v) is 3.62. The topological polar surface area (TPSA) is 55.4 Å². The number of sulfonamides is 1. The number of fused-ring (bicyclic) bond motifs is 1. The lowest BCUT2D eigenvalue weighted by atomic mass is 10.1. The van der Waals surface area contributed by atoms with E-state index in [9.17, 15) is 8.42 Å². The first-order chi connectivity index (χ1) is 11.0. The van der Waals surface area contributed by atoms with Crippen LogP contribution in [0.2, 0.25) is 5.02 Å². The van der Waals surface area contributed by atoms with Crippen molar-refractivity contribution >= 4 is 38.1 Å². The van der Waals surface area contributed by atoms with E-state index in [1.165, 1.54) is 19.2 Å². The predicted molar refractivity (Wildman–Crippen MR) is 92.8 cm³/mol. The van der Waals surface area contributed by atoms with Gasteiger partial charge in [-0.05, 0) is 36.4 Å². The normalized spacial score (nSPS) is 11.4. The molecular weight excluding hydrogens is 334 g/mol. The second-order valence-corrected chi connectivity index (χ2v) is 7.01. The summed E-state index contributed by atoms with van der Waals surface area (Å²) in [5, 5.41) is 2.12. The zero-order valence-electron chi connectivity index (χ0n) is 12.3. The van der Waals surface area contributed by atoms with Gasteiger partial charge in [-0.3, -0.25) is 4.72 Å². The maximum Gasteiger partial charge on any atom is 0.261 e. The molecule has 0 unspecified atom stereocenters. The quantitative estimate of drug-likeness (QED) is 0.765. The van der Waals surface area contributed by atoms with E-state index >= 15 is 0 Å². The molecule has 4 nitrogen and oxygen atoms in total. The molecule has 0 heterocycles. The SMILES string of the molecule is COc1ccc(S(=O)(=O)Nc2ccc(Cl)c3ccccc23)cc1. The average Bonchev–Trinajstić information content (AvgIpc) is 2.58. The summed E-state index contributed by atoms with van der Waals surface area (Å²) in [7, 11) is -2.16. The van der Waals surface area contributed by atoms with Crippen LogP contribution in [0.4, 0.5) is 5.69 Å². The molecule has 0 spiro atoms. The largest absolute Gasteiger partial charge is 0.497 e. The van der Waals surface area contributed by atoms with Gasteiger partial charge in [-0.2, -0.15) is 0 Å². The highest BCUT2D eigenvalue weighted by Gasteiger charge is 2.16. The molecule has 0 atom stereocenters. The summed E-state index contributed by atoms with van der Waals surface area (Å²) in [6, 6.07) is 16.9. The number of rotatable bonds is 4. The van der Waals surface area contributed by atoms with Crippen LogP contribution in [0.5, 0.6) is 5.75 Å². The third-order valence-corrected chi connectivity index (χ3v) is 5.20. The molecule has 0 saturated carbocycles. The van der Waals surface area contributed by atoms with Crippen molar-refractivity contribution in [3.8, 4) is 5.75 Å². The van der Waals surface area contributed by atoms with Gasteiger partial charge >= 0.3 is 0 Å². The van der Waals surface area contributed by atoms with E-state index in [4.69, 9.17) is 16.3 Å². The van der Waals surface area contributed by atoms with Gasteiger partial charge in [-0.1, -0.05) is 35.9 Å². The second-order valence-electron chi connectivity index (χ2n) is 4.92. The first-order valence-electron chi connectivity index (χ1n) is 6.85. The third kappa shape index (κ3) is 3.11. The lowest BCUT2D eigenvalue weighted by molar-refractivity contribution is 0.414. The van der Waals surface area contributed by atoms with Crippen LogP contribution in [0.15, 0.2) is 65.6 Å². The summed E-state index contributed by atoms with van der Waals surface area (Å²) in [5.41, 5.74) is 0.487. The average molecular weight is 348 g/mol. The standard InChI is InChI=1S/C17H14ClNO3S/c1-22-12-6-8-13(9-7-12)23(20,21)19-17-11-10-16(18)14-4-2-3-5-15(14)17/h2-11,19H,1H3. The number of hydrogen-bond donors (Lipinski definition) is 1. The fourth-order valence-electron chi connectivity index (χ4n) is 2.31. The van der Waals surface area contributed by atoms with Crippen LogP contribution in [-0.2, 0) is 10.0 Å². The van der Waals surface area contributed by atoms with E-state index < -0.39 is 10.0 Å². The van der Waals surface area contributed by atoms with Gasteiger partial charge in [0.25, 0.3) is 10.0 Å². The molecule has 3 aromatic rings. The van der Waals surface area contributed by atoms with Gasteiger partial charge < -0.3 is 4.74 Å². The summed E-state index contributed by atoms with van der Waals surface area (Å²) < 4.78 is 32.7. The van der Waals surface area contributed by atoms with E-state index in [2.05, 4.69) is 4.72 Å². The maximum absolute atomic E-state index is 12.5. The molecule has 0 aromatic heterocycles. The summed E-state index contributed by atoms with van der Waals surface area (Å²) in [4.78, 5) is 0.164. The number of benzene rings is 3. The van der Waals surface area contributed by atoms with Crippen molar-refractivity contribution in [2.75, 3.05) is 11.8 Å². The maximum atomic E-state index is 12.5. The van der Waals surface area contributed by atoms with Crippen molar-refractivity contribution in [3.05, 3.63) is 65.7 Å². The van der Waals surface area contributed by atoms with Crippen LogP contribution in [0.25, 0.3) is 10.8 Å². The highest BCUT2D eigenvalue weighted by molar-refractivity contribution is 7.92. The minimum absolute atomic E-state index is 0.164. The first kappa shape index (κ1) is 15.6. The zero-order chi connectivity index (χ0) is 16.4. The molecular formula is C17H14ClNO3S. The Morgan fingerprint density at radius 1 is 0.913 bits per heavy atom. The van der Waals surface area contributed by atoms with Crippen LogP contribution in [0.3, 0.4) is 0 Å². The molecule has 1 N–H and O–H groups in total. The Morgan fingerprint density at radius 3 is 2.22 bits per heavy atom. The van der Waals surface area contributed by atoms with Crippen LogP contribution < -0.4 is 9.46 Å². The van der Waals surface area contributed by atoms with Gasteiger partial charge in [-0.15, -0.1) is 0 Å². The van der Waals surface area contributed by atoms with Gasteiger partial charge in [0.15, 0.2) is 0 Å². The van der Waals surface area contributed by atoms with E-state index in [0.29, 0.717) is 16.5 Å². The zero-order valence-corrected chi connectivity index (χ0v) is 13.9. The summed E-state index contributed by atoms with van der Waals surface area (Å²) >= 11 is 6.16. The molecule has 0 radical (unpaired) electrons. The third-order valence-electron chi connectivity index (χ3n) is 3.48. The summed E-state index contributed by atoms with van der Waals surface area (Å²) in [6.45, 7) is 0. The smallest absolute Gasteiger partial charge is 0.261 e. The van der Waals surface area contributed by atoms with Crippen LogP contribution in [-0.4, -0.2) is 15.5 Å². The summed E-state index contributed by atoms with van der Waals surface area (Å²) in [6.07, 6.45) is 0. The molecule has 0 aliphatic rings. The number of halogens is 1. The van der Waals surface area contributed by atoms with Crippen molar-refractivity contribution in [1.82, 2.24) is 0 Å². The molecule has 0 fully saturated rings. The van der Waals surface area contributed by atoms with E-state index in [-0.39, 0.29) is 4.90 Å². The predicted octanol–water partition coefficient (Wildman–Crippen LogP) is 4.30. The van der Waals surface area contributed by atoms with Crippen molar-refractivity contribution in [2.45, 2.75) is 4.90 Å². The van der Waals surface area contributed by atoms with Crippen molar-refractivity contribution in [3.63, 3.8) is 0 Å². The molecule has 3 aromatic carbocycles. The van der Waals surface area contributed by atoms with Crippen molar-refractivity contribution in [2.24, 2.45) is 0 Å². The Morgan fingerprint density at radius 2 is 1.57 bits per heavy atom. The van der Waals surface area contributed by atoms with Gasteiger partial charge in [0.1, 0.15) is 5.75 Å². The second kappa shape index (κ2) is 6.10. The number of methoxy groups -OCH3 is 1. The number of ether oxygens (including phenoxy) is 1. The minimum atomic E-state index is -3.69. The van der Waals surface area contributed by atoms with Gasteiger partial charge in [0.2, 0.25) is 0 Å². The van der Waals surface area contributed by atoms with E-state index in [1.807, 2.05) is 24.3 Å². The van der Waals surface area contributed by atoms with Crippen LogP contribution in [0, 0.1) is 0 Å². The lowest BCUT2D eigenvalue weighted by Gasteiger charge is -2.12. The van der Waals surface area contributed by atoms with Crippen molar-refractivity contribution in [1.29, 1.82) is 0 Å². The Bertz CT molecular complexity index is 953. The molecule has 23 heavy (non-hydrogen) atoms. The fraction of sp³-hybridized carbons (Fsp3) is 0.0588. The Labute approximate surface area is 139 Å². The number of nitrogens with one attached hydrogen (secondary N) is 1. The molecule has 0 saturated heterocycles. The highest BCUT2D eigenvalue weighted by Crippen LogP contribution is 2.31. The Kier molecular flexibility index (Phi) is 4.15. The Balaban J connectivity index is 2.02. The molecule has 6 heteroatoms. The summed E-state index contributed by atoms with van der Waals surface area (Å²) in [5.74, 6) is 0.598. The van der Waals surface area contributed by atoms with Crippen molar-refractivity contribution < 1.29 is 13.2 Å². The van der Waals surface area contributed by atoms with Crippen LogP contribution in [0.1, 0.15) is 0 Å². The molecule has 3 rings (SSSR count). The lowest BCUT2D eigenvalue weighted by Crippen LogP contribution is -2.13. The molecule has 0 aliphatic carbocycles. The molecule has 0 aliphatic heterocycles. The van der Waals surface area contributed by atoms with Gasteiger partial charge in [0.05, 0.1) is 17.7 Å². The monoisotopic (exact) mass is 347 g/mol. The van der Waals surface area contributed by atoms with Crippen LogP contribution >= 0.6 is 11.6 Å². The molecule has 0 amide bonds. The highest BCUT2D eigenvalue weighted by atomic mass is 35.5. The van der Waals surface area contributed by atoms with Gasteiger partial charge in [-0.25, -0.2) is 8.42 Å². The number of anilines is 1.